The lowest BCUT2D eigenvalue weighted by atomic mass is 9.97. The van der Waals surface area contributed by atoms with Crippen LogP contribution in [-0.4, -0.2) is 43.5 Å². The Morgan fingerprint density at radius 2 is 1.81 bits per heavy atom. The molecule has 1 N–H and O–H groups in total. The number of hydrogen-bond acceptors (Lipinski definition) is 7. The molecule has 0 atom stereocenters. The standard InChI is InChI=1S/C20H18FN3O5S2/c21-13-1-3-14(4-2-13)31(26,27)24-7-5-12(6-8-24)19(25)23-20-22-15-9-16-17(29-11-28-16)10-18(15)30-20/h1-4,9-10,12H,5-8,11H2,(H,22,23,25). The van der Waals surface area contributed by atoms with Gasteiger partial charge in [-0.25, -0.2) is 17.8 Å². The van der Waals surface area contributed by atoms with Gasteiger partial charge in [0.05, 0.1) is 15.1 Å². The van der Waals surface area contributed by atoms with E-state index in [-0.39, 0.29) is 36.6 Å². The molecule has 1 saturated heterocycles. The molecule has 2 aliphatic rings. The Kier molecular flexibility index (Phi) is 5.03. The van der Waals surface area contributed by atoms with Gasteiger partial charge in [0.25, 0.3) is 0 Å². The Hall–Kier alpha value is -2.76. The Labute approximate surface area is 181 Å². The van der Waals surface area contributed by atoms with Gasteiger partial charge >= 0.3 is 0 Å². The average Bonchev–Trinajstić information content (AvgIpc) is 3.37. The molecule has 2 aliphatic heterocycles. The summed E-state index contributed by atoms with van der Waals surface area (Å²) in [5.41, 5.74) is 0.713. The average molecular weight is 464 g/mol. The van der Waals surface area contributed by atoms with E-state index in [1.807, 2.05) is 6.07 Å². The van der Waals surface area contributed by atoms with Crippen LogP contribution in [0.4, 0.5) is 9.52 Å². The SMILES string of the molecule is O=C(Nc1nc2cc3c(cc2s1)OCO3)C1CCN(S(=O)(=O)c2ccc(F)cc2)CC1. The van der Waals surface area contributed by atoms with Crippen molar-refractivity contribution in [3.63, 3.8) is 0 Å². The molecule has 31 heavy (non-hydrogen) atoms. The number of rotatable bonds is 4. The second-order valence-electron chi connectivity index (χ2n) is 7.31. The minimum atomic E-state index is -3.71. The fourth-order valence-corrected chi connectivity index (χ4v) is 6.04. The second-order valence-corrected chi connectivity index (χ2v) is 10.3. The maximum atomic E-state index is 13.1. The lowest BCUT2D eigenvalue weighted by Crippen LogP contribution is -2.41. The van der Waals surface area contributed by atoms with E-state index >= 15 is 0 Å². The van der Waals surface area contributed by atoms with E-state index in [0.717, 1.165) is 16.8 Å². The van der Waals surface area contributed by atoms with Crippen LogP contribution in [0.15, 0.2) is 41.3 Å². The number of nitrogens with zero attached hydrogens (tertiary/aromatic N) is 2. The summed E-state index contributed by atoms with van der Waals surface area (Å²) in [5, 5.41) is 3.32. The number of thiazole rings is 1. The van der Waals surface area contributed by atoms with E-state index in [1.54, 1.807) is 6.07 Å². The first-order valence-corrected chi connectivity index (χ1v) is 11.9. The van der Waals surface area contributed by atoms with E-state index in [2.05, 4.69) is 10.3 Å². The molecule has 0 radical (unpaired) electrons. The second kappa shape index (κ2) is 7.74. The number of hydrogen-bond donors (Lipinski definition) is 1. The summed E-state index contributed by atoms with van der Waals surface area (Å²) in [6.07, 6.45) is 0.792. The number of piperidine rings is 1. The first kappa shape index (κ1) is 20.2. The zero-order chi connectivity index (χ0) is 21.6. The van der Waals surface area contributed by atoms with Crippen molar-refractivity contribution in [1.29, 1.82) is 0 Å². The van der Waals surface area contributed by atoms with Crippen LogP contribution in [0.3, 0.4) is 0 Å². The van der Waals surface area contributed by atoms with Crippen LogP contribution in [0.25, 0.3) is 10.2 Å². The number of halogens is 1. The van der Waals surface area contributed by atoms with Gasteiger partial charge in [-0.1, -0.05) is 11.3 Å². The summed E-state index contributed by atoms with van der Waals surface area (Å²) in [7, 11) is -3.71. The third kappa shape index (κ3) is 3.84. The topological polar surface area (TPSA) is 97.8 Å². The van der Waals surface area contributed by atoms with Crippen molar-refractivity contribution in [3.8, 4) is 11.5 Å². The van der Waals surface area contributed by atoms with Gasteiger partial charge in [-0.3, -0.25) is 4.79 Å². The highest BCUT2D eigenvalue weighted by molar-refractivity contribution is 7.89. The summed E-state index contributed by atoms with van der Waals surface area (Å²) >= 11 is 1.34. The van der Waals surface area contributed by atoms with Gasteiger partial charge in [0, 0.05) is 31.1 Å². The fourth-order valence-electron chi connectivity index (χ4n) is 3.69. The maximum absolute atomic E-state index is 13.1. The fraction of sp³-hybridized carbons (Fsp3) is 0.300. The predicted octanol–water partition coefficient (Wildman–Crippen LogP) is 3.20. The normalized spacial score (nSPS) is 17.2. The molecule has 3 aromatic rings. The van der Waals surface area contributed by atoms with Gasteiger partial charge < -0.3 is 14.8 Å². The maximum Gasteiger partial charge on any atom is 0.243 e. The van der Waals surface area contributed by atoms with E-state index in [0.29, 0.717) is 35.0 Å². The number of anilines is 1. The number of sulfonamides is 1. The third-order valence-corrected chi connectivity index (χ3v) is 8.24. The van der Waals surface area contributed by atoms with Crippen molar-refractivity contribution in [1.82, 2.24) is 9.29 Å². The highest BCUT2D eigenvalue weighted by atomic mass is 32.2. The quantitative estimate of drug-likeness (QED) is 0.638. The summed E-state index contributed by atoms with van der Waals surface area (Å²) in [6, 6.07) is 8.37. The van der Waals surface area contributed by atoms with E-state index < -0.39 is 15.8 Å². The largest absolute Gasteiger partial charge is 0.454 e. The molecule has 0 saturated carbocycles. The summed E-state index contributed by atoms with van der Waals surface area (Å²) in [4.78, 5) is 17.2. The van der Waals surface area contributed by atoms with Gasteiger partial charge in [-0.2, -0.15) is 4.31 Å². The summed E-state index contributed by atoms with van der Waals surface area (Å²) in [5.74, 6) is 0.296. The molecule has 3 heterocycles. The predicted molar refractivity (Wildman–Crippen MR) is 112 cm³/mol. The van der Waals surface area contributed by atoms with Gasteiger partial charge in [0.15, 0.2) is 16.6 Å². The number of fused-ring (bicyclic) bond motifs is 2. The Bertz CT molecular complexity index is 1210. The van der Waals surface area contributed by atoms with Gasteiger partial charge in [0.2, 0.25) is 22.7 Å². The first-order chi connectivity index (χ1) is 14.9. The molecule has 0 spiro atoms. The third-order valence-electron chi connectivity index (χ3n) is 5.39. The number of carbonyl (C=O) groups excluding carboxylic acids is 1. The minimum absolute atomic E-state index is 0.0473. The number of amides is 1. The van der Waals surface area contributed by atoms with Gasteiger partial charge in [-0.05, 0) is 37.1 Å². The molecule has 11 heteroatoms. The van der Waals surface area contributed by atoms with E-state index in [9.17, 15) is 17.6 Å². The Morgan fingerprint density at radius 3 is 2.52 bits per heavy atom. The van der Waals surface area contributed by atoms with Crippen molar-refractivity contribution in [2.45, 2.75) is 17.7 Å². The first-order valence-electron chi connectivity index (χ1n) is 9.67. The Balaban J connectivity index is 1.23. The minimum Gasteiger partial charge on any atom is -0.454 e. The van der Waals surface area contributed by atoms with Gasteiger partial charge in [-0.15, -0.1) is 0 Å². The highest BCUT2D eigenvalue weighted by Crippen LogP contribution is 2.39. The van der Waals surface area contributed by atoms with Crippen LogP contribution in [0.1, 0.15) is 12.8 Å². The molecule has 1 amide bonds. The van der Waals surface area contributed by atoms with Crippen molar-refractivity contribution in [2.24, 2.45) is 5.92 Å². The molecule has 2 aromatic carbocycles. The molecule has 5 rings (SSSR count). The smallest absolute Gasteiger partial charge is 0.243 e. The highest BCUT2D eigenvalue weighted by Gasteiger charge is 2.32. The van der Waals surface area contributed by atoms with Crippen molar-refractivity contribution < 1.29 is 27.1 Å². The Morgan fingerprint density at radius 1 is 1.13 bits per heavy atom. The number of carbonyl (C=O) groups is 1. The molecular formula is C20H18FN3O5S2. The van der Waals surface area contributed by atoms with Crippen molar-refractivity contribution in [2.75, 3.05) is 25.2 Å². The zero-order valence-corrected chi connectivity index (χ0v) is 17.8. The molecule has 1 fully saturated rings. The summed E-state index contributed by atoms with van der Waals surface area (Å²) < 4.78 is 51.5. The lowest BCUT2D eigenvalue weighted by Gasteiger charge is -2.30. The molecular weight excluding hydrogens is 445 g/mol. The van der Waals surface area contributed by atoms with Crippen LogP contribution < -0.4 is 14.8 Å². The van der Waals surface area contributed by atoms with Crippen LogP contribution in [0.2, 0.25) is 0 Å². The van der Waals surface area contributed by atoms with Crippen LogP contribution >= 0.6 is 11.3 Å². The van der Waals surface area contributed by atoms with E-state index in [1.165, 1.54) is 27.8 Å². The monoisotopic (exact) mass is 463 g/mol. The number of ether oxygens (including phenoxy) is 2. The number of benzene rings is 2. The van der Waals surface area contributed by atoms with Crippen LogP contribution in [0, 0.1) is 11.7 Å². The number of nitrogens with one attached hydrogen (secondary N) is 1. The van der Waals surface area contributed by atoms with E-state index in [4.69, 9.17) is 9.47 Å². The summed E-state index contributed by atoms with van der Waals surface area (Å²) in [6.45, 7) is 0.629. The molecule has 162 valence electrons. The number of aromatic nitrogens is 1. The molecule has 0 unspecified atom stereocenters. The van der Waals surface area contributed by atoms with Crippen molar-refractivity contribution in [3.05, 3.63) is 42.2 Å². The lowest BCUT2D eigenvalue weighted by molar-refractivity contribution is -0.120. The van der Waals surface area contributed by atoms with Crippen molar-refractivity contribution >= 4 is 42.6 Å². The zero-order valence-electron chi connectivity index (χ0n) is 16.2. The molecule has 8 nitrogen and oxygen atoms in total. The van der Waals surface area contributed by atoms with Crippen LogP contribution in [0.5, 0.6) is 11.5 Å². The molecule has 0 bridgehead atoms. The molecule has 1 aromatic heterocycles. The molecule has 0 aliphatic carbocycles. The van der Waals surface area contributed by atoms with Gasteiger partial charge in [0.1, 0.15) is 5.82 Å². The van der Waals surface area contributed by atoms with Crippen LogP contribution in [-0.2, 0) is 14.8 Å².